The third kappa shape index (κ3) is 14.4. The molecule has 9 heterocycles. The first kappa shape index (κ1) is 46.2. The third-order valence-corrected chi connectivity index (χ3v) is 9.30. The Hall–Kier alpha value is -8.35. The summed E-state index contributed by atoms with van der Waals surface area (Å²) in [6, 6.07) is 35.2. The Balaban J connectivity index is 0.000000160. The standard InChI is InChI=1S/C19H16N3.2C18H13N3.Ru/c1-15-5-11-21-18(13-15)19-14-17(8-12-22(19)2)4-3-16-6-9-20-10-7-16;2*1-14-4-10-20-17(12-14)18-13-16(7-11-21-18)3-2-15-5-8-19-9-6-15;/h5-14H,1-2H3;2*4-13H,1H3;/q+1;;;. The van der Waals surface area contributed by atoms with Crippen molar-refractivity contribution in [1.82, 2.24) is 39.9 Å². The van der Waals surface area contributed by atoms with Crippen LogP contribution in [0.25, 0.3) is 34.2 Å². The Morgan fingerprint density at radius 1 is 0.323 bits per heavy atom. The van der Waals surface area contributed by atoms with Crippen molar-refractivity contribution in [2.75, 3.05) is 0 Å². The van der Waals surface area contributed by atoms with Crippen molar-refractivity contribution >= 4 is 0 Å². The van der Waals surface area contributed by atoms with Gasteiger partial charge in [-0.3, -0.25) is 34.9 Å². The maximum atomic E-state index is 4.45. The normalized spacial score (nSPS) is 9.66. The van der Waals surface area contributed by atoms with E-state index in [0.29, 0.717) is 0 Å². The van der Waals surface area contributed by atoms with E-state index in [4.69, 9.17) is 0 Å². The summed E-state index contributed by atoms with van der Waals surface area (Å²) in [6.07, 6.45) is 21.4. The maximum absolute atomic E-state index is 4.45. The van der Waals surface area contributed by atoms with Gasteiger partial charge in [0.25, 0.3) is 0 Å². The Kier molecular flexibility index (Phi) is 16.9. The second-order valence-corrected chi connectivity index (χ2v) is 14.4. The molecular formula is C55H42N9Ru+. The van der Waals surface area contributed by atoms with Crippen molar-refractivity contribution < 1.29 is 24.0 Å². The van der Waals surface area contributed by atoms with Gasteiger partial charge in [-0.05, 0) is 135 Å². The second kappa shape index (κ2) is 23.8. The number of hydrogen-bond donors (Lipinski definition) is 0. The zero-order chi connectivity index (χ0) is 44.4. The van der Waals surface area contributed by atoms with E-state index < -0.39 is 0 Å². The molecule has 0 aliphatic carbocycles. The number of nitrogens with zero attached hydrogens (tertiary/aromatic N) is 9. The Morgan fingerprint density at radius 2 is 0.615 bits per heavy atom. The van der Waals surface area contributed by atoms with Crippen molar-refractivity contribution in [2.24, 2.45) is 7.05 Å². The predicted octanol–water partition coefficient (Wildman–Crippen LogP) is 9.17. The molecule has 0 spiro atoms. The topological polar surface area (TPSA) is 107 Å². The van der Waals surface area contributed by atoms with Crippen molar-refractivity contribution in [3.8, 4) is 69.7 Å². The Morgan fingerprint density at radius 3 is 1.00 bits per heavy atom. The number of aromatic nitrogens is 9. The van der Waals surface area contributed by atoms with Gasteiger partial charge in [0.15, 0.2) is 6.20 Å². The summed E-state index contributed by atoms with van der Waals surface area (Å²) >= 11 is 0. The average molecular weight is 930 g/mol. The quantitative estimate of drug-likeness (QED) is 0.0982. The van der Waals surface area contributed by atoms with Gasteiger partial charge in [-0.2, -0.15) is 4.57 Å². The van der Waals surface area contributed by atoms with Crippen LogP contribution in [0.5, 0.6) is 0 Å². The van der Waals surface area contributed by atoms with E-state index in [9.17, 15) is 0 Å². The average Bonchev–Trinajstić information content (AvgIpc) is 3.34. The van der Waals surface area contributed by atoms with Crippen LogP contribution in [0.1, 0.15) is 50.1 Å². The van der Waals surface area contributed by atoms with Crippen LogP contribution in [0.15, 0.2) is 184 Å². The number of hydrogen-bond acceptors (Lipinski definition) is 8. The molecule has 0 saturated carbocycles. The van der Waals surface area contributed by atoms with Gasteiger partial charge < -0.3 is 0 Å². The molecule has 314 valence electrons. The van der Waals surface area contributed by atoms with Gasteiger partial charge in [0, 0.05) is 133 Å². The van der Waals surface area contributed by atoms with E-state index >= 15 is 0 Å². The molecule has 65 heavy (non-hydrogen) atoms. The van der Waals surface area contributed by atoms with Gasteiger partial charge in [0.1, 0.15) is 12.7 Å². The fourth-order valence-corrected chi connectivity index (χ4v) is 5.97. The van der Waals surface area contributed by atoms with E-state index in [0.717, 1.165) is 78.7 Å². The molecule has 10 heteroatoms. The first-order valence-electron chi connectivity index (χ1n) is 20.3. The van der Waals surface area contributed by atoms with Gasteiger partial charge in [0.05, 0.1) is 22.8 Å². The van der Waals surface area contributed by atoms with Crippen LogP contribution in [-0.4, -0.2) is 39.9 Å². The smallest absolute Gasteiger partial charge is 0.232 e. The minimum atomic E-state index is 0. The summed E-state index contributed by atoms with van der Waals surface area (Å²) in [6.45, 7) is 6.15. The number of aryl methyl sites for hydroxylation is 4. The van der Waals surface area contributed by atoms with Gasteiger partial charge in [-0.25, -0.2) is 4.98 Å². The molecule has 0 fully saturated rings. The zero-order valence-electron chi connectivity index (χ0n) is 36.2. The fourth-order valence-electron chi connectivity index (χ4n) is 5.97. The molecular weight excluding hydrogens is 888 g/mol. The van der Waals surface area contributed by atoms with Gasteiger partial charge in [-0.1, -0.05) is 35.5 Å². The minimum absolute atomic E-state index is 0. The van der Waals surface area contributed by atoms with Crippen molar-refractivity contribution in [2.45, 2.75) is 20.8 Å². The Labute approximate surface area is 393 Å². The summed E-state index contributed by atoms with van der Waals surface area (Å²) < 4.78 is 2.05. The third-order valence-electron chi connectivity index (χ3n) is 9.30. The summed E-state index contributed by atoms with van der Waals surface area (Å²) in [5, 5.41) is 0. The van der Waals surface area contributed by atoms with Gasteiger partial charge in [-0.15, -0.1) is 0 Å². The number of rotatable bonds is 3. The van der Waals surface area contributed by atoms with Crippen LogP contribution in [-0.2, 0) is 26.5 Å². The van der Waals surface area contributed by atoms with Crippen molar-refractivity contribution in [1.29, 1.82) is 0 Å². The monoisotopic (exact) mass is 930 g/mol. The van der Waals surface area contributed by atoms with E-state index in [1.807, 2.05) is 130 Å². The molecule has 9 aromatic heterocycles. The molecule has 0 N–H and O–H groups in total. The molecule has 0 bridgehead atoms. The van der Waals surface area contributed by atoms with E-state index in [2.05, 4.69) is 99.0 Å². The second-order valence-electron chi connectivity index (χ2n) is 14.4. The van der Waals surface area contributed by atoms with Crippen molar-refractivity contribution in [3.05, 3.63) is 234 Å². The predicted molar refractivity (Wildman–Crippen MR) is 251 cm³/mol. The van der Waals surface area contributed by atoms with Gasteiger partial charge >= 0.3 is 0 Å². The largest absolute Gasteiger partial charge is 0.265 e. The molecule has 0 unspecified atom stereocenters. The van der Waals surface area contributed by atoms with Crippen LogP contribution in [0, 0.1) is 56.3 Å². The van der Waals surface area contributed by atoms with E-state index in [1.165, 1.54) is 5.56 Å². The van der Waals surface area contributed by atoms with Gasteiger partial charge in [0.2, 0.25) is 5.69 Å². The molecule has 9 nitrogen and oxygen atoms in total. The summed E-state index contributed by atoms with van der Waals surface area (Å²) in [5.41, 5.74) is 14.6. The molecule has 0 aromatic carbocycles. The first-order chi connectivity index (χ1) is 31.3. The summed E-state index contributed by atoms with van der Waals surface area (Å²) in [5.74, 6) is 18.9. The fraction of sp³-hybridized carbons (Fsp3) is 0.0727. The maximum Gasteiger partial charge on any atom is 0.232 e. The molecule has 9 aromatic rings. The molecule has 0 radical (unpaired) electrons. The van der Waals surface area contributed by atoms with E-state index in [1.54, 1.807) is 62.0 Å². The molecule has 0 aliphatic heterocycles. The summed E-state index contributed by atoms with van der Waals surface area (Å²) in [4.78, 5) is 33.8. The SMILES string of the molecule is Cc1ccnc(-c2cc(C#Cc3ccncc3)cc[n+]2C)c1.Cc1ccnc(-c2cc(C#Cc3ccncc3)ccn2)c1.Cc1ccnc(-c2cc(C#Cc3ccncc3)ccn2)c1.[Ru]. The Bertz CT molecular complexity index is 3040. The molecule has 0 amide bonds. The molecule has 9 rings (SSSR count). The van der Waals surface area contributed by atoms with Crippen LogP contribution < -0.4 is 4.57 Å². The van der Waals surface area contributed by atoms with Crippen LogP contribution >= 0.6 is 0 Å². The minimum Gasteiger partial charge on any atom is -0.265 e. The molecule has 0 saturated heterocycles. The molecule has 0 aliphatic rings. The van der Waals surface area contributed by atoms with Crippen molar-refractivity contribution in [3.63, 3.8) is 0 Å². The zero-order valence-corrected chi connectivity index (χ0v) is 37.9. The first-order valence-corrected chi connectivity index (χ1v) is 20.3. The van der Waals surface area contributed by atoms with Crippen LogP contribution in [0.4, 0.5) is 0 Å². The van der Waals surface area contributed by atoms with Crippen LogP contribution in [0.2, 0.25) is 0 Å². The number of pyridine rings is 9. The van der Waals surface area contributed by atoms with Crippen LogP contribution in [0.3, 0.4) is 0 Å². The molecule has 0 atom stereocenters. The summed E-state index contributed by atoms with van der Waals surface area (Å²) in [7, 11) is 2.01. The van der Waals surface area contributed by atoms with E-state index in [-0.39, 0.29) is 19.5 Å².